The molecule has 2 aromatic carbocycles. The van der Waals surface area contributed by atoms with Crippen LogP contribution in [0.5, 0.6) is 0 Å². The zero-order chi connectivity index (χ0) is 17.9. The molecule has 0 aliphatic heterocycles. The number of halogens is 2. The molecule has 0 amide bonds. The van der Waals surface area contributed by atoms with Gasteiger partial charge in [0, 0.05) is 18.5 Å². The lowest BCUT2D eigenvalue weighted by molar-refractivity contribution is 0.0697. The number of carboxylic acids is 1. The van der Waals surface area contributed by atoms with Crippen molar-refractivity contribution in [2.45, 2.75) is 37.6 Å². The number of hydrogen-bond donors (Lipinski definition) is 2. The minimum Gasteiger partial charge on any atom is -0.478 e. The Morgan fingerprint density at radius 2 is 1.84 bits per heavy atom. The predicted molar refractivity (Wildman–Crippen MR) is 96.7 cm³/mol. The first-order valence-electron chi connectivity index (χ1n) is 8.49. The van der Waals surface area contributed by atoms with Gasteiger partial charge >= 0.3 is 5.97 Å². The molecule has 0 unspecified atom stereocenters. The van der Waals surface area contributed by atoms with E-state index in [9.17, 15) is 9.18 Å². The summed E-state index contributed by atoms with van der Waals surface area (Å²) in [4.78, 5) is 10.9. The smallest absolute Gasteiger partial charge is 0.335 e. The molecule has 1 aliphatic rings. The Bertz CT molecular complexity index is 755. The first-order valence-corrected chi connectivity index (χ1v) is 8.87. The van der Waals surface area contributed by atoms with E-state index in [0.29, 0.717) is 18.7 Å². The van der Waals surface area contributed by atoms with Crippen molar-refractivity contribution >= 4 is 17.6 Å². The van der Waals surface area contributed by atoms with Crippen LogP contribution in [0.25, 0.3) is 0 Å². The van der Waals surface area contributed by atoms with Gasteiger partial charge in [0.25, 0.3) is 0 Å². The quantitative estimate of drug-likeness (QED) is 0.778. The lowest BCUT2D eigenvalue weighted by atomic mass is 9.78. The highest BCUT2D eigenvalue weighted by Crippen LogP contribution is 2.42. The van der Waals surface area contributed by atoms with Crippen molar-refractivity contribution in [1.29, 1.82) is 0 Å². The SMILES string of the molecule is O=C(O)c1ccc(CNCC2(c3cccc(Cl)c3F)CCCC2)cc1. The lowest BCUT2D eigenvalue weighted by Gasteiger charge is -2.31. The molecule has 0 atom stereocenters. The van der Waals surface area contributed by atoms with Crippen LogP contribution in [0.4, 0.5) is 4.39 Å². The average Bonchev–Trinajstić information content (AvgIpc) is 3.07. The van der Waals surface area contributed by atoms with E-state index >= 15 is 0 Å². The van der Waals surface area contributed by atoms with Gasteiger partial charge in [0.15, 0.2) is 0 Å². The van der Waals surface area contributed by atoms with E-state index in [1.165, 1.54) is 0 Å². The van der Waals surface area contributed by atoms with Crippen molar-refractivity contribution in [3.05, 3.63) is 70.0 Å². The molecule has 1 aliphatic carbocycles. The maximum Gasteiger partial charge on any atom is 0.335 e. The van der Waals surface area contributed by atoms with Crippen LogP contribution in [-0.2, 0) is 12.0 Å². The molecular formula is C20H21ClFNO2. The lowest BCUT2D eigenvalue weighted by Crippen LogP contribution is -2.36. The number of carboxylic acid groups (broad SMARTS) is 1. The van der Waals surface area contributed by atoms with Crippen molar-refractivity contribution in [2.75, 3.05) is 6.54 Å². The third kappa shape index (κ3) is 3.86. The molecule has 3 nitrogen and oxygen atoms in total. The van der Waals surface area contributed by atoms with Crippen LogP contribution in [0.2, 0.25) is 5.02 Å². The maximum atomic E-state index is 14.6. The van der Waals surface area contributed by atoms with Gasteiger partial charge in [-0.15, -0.1) is 0 Å². The second-order valence-electron chi connectivity index (χ2n) is 6.69. The zero-order valence-electron chi connectivity index (χ0n) is 13.9. The van der Waals surface area contributed by atoms with Gasteiger partial charge in [-0.25, -0.2) is 9.18 Å². The van der Waals surface area contributed by atoms with Crippen LogP contribution in [0, 0.1) is 5.82 Å². The fraction of sp³-hybridized carbons (Fsp3) is 0.350. The Hall–Kier alpha value is -1.91. The summed E-state index contributed by atoms with van der Waals surface area (Å²) in [6.07, 6.45) is 4.05. The highest BCUT2D eigenvalue weighted by Gasteiger charge is 2.37. The molecule has 132 valence electrons. The standard InChI is InChI=1S/C20H21ClFNO2/c21-17-5-3-4-16(18(17)22)20(10-1-2-11-20)13-23-12-14-6-8-15(9-7-14)19(24)25/h3-9,23H,1-2,10-13H2,(H,24,25). The molecule has 1 fully saturated rings. The van der Waals surface area contributed by atoms with E-state index < -0.39 is 5.97 Å². The first-order chi connectivity index (χ1) is 12.0. The fourth-order valence-electron chi connectivity index (χ4n) is 3.72. The fourth-order valence-corrected chi connectivity index (χ4v) is 3.89. The van der Waals surface area contributed by atoms with Crippen molar-refractivity contribution in [2.24, 2.45) is 0 Å². The molecule has 0 aromatic heterocycles. The summed E-state index contributed by atoms with van der Waals surface area (Å²) >= 11 is 5.98. The number of rotatable bonds is 6. The van der Waals surface area contributed by atoms with Crippen molar-refractivity contribution in [1.82, 2.24) is 5.32 Å². The normalized spacial score (nSPS) is 16.1. The summed E-state index contributed by atoms with van der Waals surface area (Å²) in [6, 6.07) is 12.0. The highest BCUT2D eigenvalue weighted by atomic mass is 35.5. The second-order valence-corrected chi connectivity index (χ2v) is 7.10. The number of aromatic carboxylic acids is 1. The third-order valence-electron chi connectivity index (χ3n) is 5.08. The minimum absolute atomic E-state index is 0.174. The third-order valence-corrected chi connectivity index (χ3v) is 5.37. The molecule has 3 rings (SSSR count). The van der Waals surface area contributed by atoms with Crippen molar-refractivity contribution in [3.63, 3.8) is 0 Å². The van der Waals surface area contributed by atoms with Gasteiger partial charge in [-0.05, 0) is 42.2 Å². The molecule has 25 heavy (non-hydrogen) atoms. The van der Waals surface area contributed by atoms with E-state index in [-0.39, 0.29) is 21.8 Å². The summed E-state index contributed by atoms with van der Waals surface area (Å²) in [5.41, 5.74) is 1.75. The molecule has 2 N–H and O–H groups in total. The topological polar surface area (TPSA) is 49.3 Å². The van der Waals surface area contributed by atoms with Gasteiger partial charge in [0.2, 0.25) is 0 Å². The summed E-state index contributed by atoms with van der Waals surface area (Å²) in [5.74, 6) is -1.24. The molecule has 0 radical (unpaired) electrons. The Balaban J connectivity index is 1.70. The molecule has 5 heteroatoms. The molecule has 0 saturated heterocycles. The van der Waals surface area contributed by atoms with Crippen LogP contribution in [0.3, 0.4) is 0 Å². The van der Waals surface area contributed by atoms with E-state index in [0.717, 1.165) is 31.2 Å². The van der Waals surface area contributed by atoms with Gasteiger partial charge in [-0.3, -0.25) is 0 Å². The maximum absolute atomic E-state index is 14.6. The Morgan fingerprint density at radius 3 is 2.48 bits per heavy atom. The zero-order valence-corrected chi connectivity index (χ0v) is 14.7. The van der Waals surface area contributed by atoms with Gasteiger partial charge in [-0.2, -0.15) is 0 Å². The van der Waals surface area contributed by atoms with E-state index in [1.807, 2.05) is 12.1 Å². The molecule has 0 spiro atoms. The van der Waals surface area contributed by atoms with Crippen LogP contribution >= 0.6 is 11.6 Å². The predicted octanol–water partition coefficient (Wildman–Crippen LogP) is 4.78. The van der Waals surface area contributed by atoms with Gasteiger partial charge < -0.3 is 10.4 Å². The number of nitrogens with one attached hydrogen (secondary N) is 1. The monoisotopic (exact) mass is 361 g/mol. The Labute approximate surface area is 151 Å². The number of benzene rings is 2. The summed E-state index contributed by atoms with van der Waals surface area (Å²) in [5, 5.41) is 12.5. The number of hydrogen-bond acceptors (Lipinski definition) is 2. The van der Waals surface area contributed by atoms with Crippen LogP contribution < -0.4 is 5.32 Å². The minimum atomic E-state index is -0.930. The molecular weight excluding hydrogens is 341 g/mol. The first kappa shape index (κ1) is 17.9. The van der Waals surface area contributed by atoms with E-state index in [1.54, 1.807) is 30.3 Å². The second kappa shape index (κ2) is 7.54. The largest absolute Gasteiger partial charge is 0.478 e. The van der Waals surface area contributed by atoms with E-state index in [4.69, 9.17) is 16.7 Å². The van der Waals surface area contributed by atoms with Crippen LogP contribution in [0.1, 0.15) is 47.2 Å². The van der Waals surface area contributed by atoms with Crippen molar-refractivity contribution in [3.8, 4) is 0 Å². The van der Waals surface area contributed by atoms with Gasteiger partial charge in [0.05, 0.1) is 10.6 Å². The Kier molecular flexibility index (Phi) is 5.40. The van der Waals surface area contributed by atoms with E-state index in [2.05, 4.69) is 5.32 Å². The molecule has 2 aromatic rings. The molecule has 1 saturated carbocycles. The average molecular weight is 362 g/mol. The summed E-state index contributed by atoms with van der Waals surface area (Å²) < 4.78 is 14.6. The Morgan fingerprint density at radius 1 is 1.16 bits per heavy atom. The molecule has 0 heterocycles. The van der Waals surface area contributed by atoms with Gasteiger partial charge in [0.1, 0.15) is 5.82 Å². The molecule has 0 bridgehead atoms. The summed E-state index contributed by atoms with van der Waals surface area (Å²) in [7, 11) is 0. The highest BCUT2D eigenvalue weighted by molar-refractivity contribution is 6.30. The van der Waals surface area contributed by atoms with Gasteiger partial charge in [-0.1, -0.05) is 48.7 Å². The van der Waals surface area contributed by atoms with Crippen molar-refractivity contribution < 1.29 is 14.3 Å². The number of carbonyl (C=O) groups is 1. The summed E-state index contributed by atoms with van der Waals surface area (Å²) in [6.45, 7) is 1.29. The van der Waals surface area contributed by atoms with Crippen LogP contribution in [-0.4, -0.2) is 17.6 Å². The van der Waals surface area contributed by atoms with Crippen LogP contribution in [0.15, 0.2) is 42.5 Å².